The Morgan fingerprint density at radius 2 is 1.12 bits per heavy atom. The second kappa shape index (κ2) is 38.7. The van der Waals surface area contributed by atoms with E-state index in [9.17, 15) is 103 Å². The summed E-state index contributed by atoms with van der Waals surface area (Å²) in [5.74, 6) is -24.8. The van der Waals surface area contributed by atoms with E-state index in [0.29, 0.717) is 12.3 Å². The number of nitrogens with zero attached hydrogens (tertiary/aromatic N) is 1. The Hall–Kier alpha value is -8.59. The van der Waals surface area contributed by atoms with E-state index in [1.165, 1.54) is 31.7 Å². The van der Waals surface area contributed by atoms with Gasteiger partial charge >= 0.3 is 29.8 Å². The third-order valence-corrected chi connectivity index (χ3v) is 14.9. The van der Waals surface area contributed by atoms with Crippen molar-refractivity contribution in [2.75, 3.05) is 19.6 Å². The first-order valence-electron chi connectivity index (χ1n) is 29.5. The van der Waals surface area contributed by atoms with E-state index in [2.05, 4.69) is 33.5 Å². The Morgan fingerprint density at radius 3 is 1.66 bits per heavy atom. The number of carbonyl (C=O) groups excluding carboxylic acids is 10. The van der Waals surface area contributed by atoms with Crippen LogP contribution in [0.1, 0.15) is 121 Å². The molecule has 0 aromatic rings. The summed E-state index contributed by atoms with van der Waals surface area (Å²) in [6.45, 7) is 14.6. The van der Waals surface area contributed by atoms with Gasteiger partial charge in [-0.1, -0.05) is 73.1 Å². The number of allylic oxidation sites excluding steroid dienone is 3. The van der Waals surface area contributed by atoms with Crippen molar-refractivity contribution in [2.24, 2.45) is 47.0 Å². The number of aliphatic hydroxyl groups is 1. The fourth-order valence-electron chi connectivity index (χ4n) is 8.93. The van der Waals surface area contributed by atoms with Gasteiger partial charge in [-0.15, -0.1) is 0 Å². The standard InChI is InChI=1S/C57H92N12O21/c1-11-28(6)18-14-12-13-15-20-36(70)64-41(30(8)54(83)84)50(79)67-43(32(10)61-48(77)35-22-29(7)25-69(35)53(82)39(59)26(2)3)51(80)66-40(27(4)5)49(78)62-33(19-16-17-21-58)47(76)68-44(45(74)57(89)90)52(81)63-34(23-38(72)73)46(75)60-24-37(71)65-42(56(87)88)31(9)55(85)86/h12-13,15,20,26-35,39-45,74H,11,14,16-19,21-25,58-59H2,1-10H3,(H,60,75)(H,61,77)(H,62,78)(H,63,81)(H,64,70)(H,65,71)(H,66,80)(H,67,79)(H,68,76)(H,72,73)(H,83,84)(H,85,86)(H,87,88)(H,89,90)/b13-12-,20-15+/t28?,29-,30?,31?,32?,33+,34+,35+,39+,40-,41+,42-,43+,44+,45?/m1/s1. The maximum atomic E-state index is 14.7. The number of unbranched alkanes of at least 4 members (excludes halogenated alkanes) is 1. The third kappa shape index (κ3) is 26.2. The molecule has 19 N–H and O–H groups in total. The molecular formula is C57H92N12O21. The van der Waals surface area contributed by atoms with Crippen LogP contribution in [0.15, 0.2) is 24.3 Å². The predicted molar refractivity (Wildman–Crippen MR) is 318 cm³/mol. The van der Waals surface area contributed by atoms with E-state index in [0.717, 1.165) is 32.8 Å². The summed E-state index contributed by atoms with van der Waals surface area (Å²) in [6, 6.07) is -17.7. The van der Waals surface area contributed by atoms with Crippen LogP contribution in [0.5, 0.6) is 0 Å². The highest BCUT2D eigenvalue weighted by Crippen LogP contribution is 2.25. The van der Waals surface area contributed by atoms with Crippen LogP contribution in [-0.4, -0.2) is 211 Å². The highest BCUT2D eigenvalue weighted by Gasteiger charge is 2.44. The lowest BCUT2D eigenvalue weighted by Gasteiger charge is -2.33. The summed E-state index contributed by atoms with van der Waals surface area (Å²) < 4.78 is 0. The molecule has 1 aliphatic rings. The van der Waals surface area contributed by atoms with E-state index in [1.807, 2.05) is 34.3 Å². The van der Waals surface area contributed by atoms with E-state index >= 15 is 0 Å². The van der Waals surface area contributed by atoms with Crippen molar-refractivity contribution in [1.82, 2.24) is 52.8 Å². The van der Waals surface area contributed by atoms with Crippen molar-refractivity contribution in [3.63, 3.8) is 0 Å². The van der Waals surface area contributed by atoms with Gasteiger partial charge in [-0.2, -0.15) is 0 Å². The van der Waals surface area contributed by atoms with Crippen LogP contribution in [0, 0.1) is 35.5 Å². The molecule has 90 heavy (non-hydrogen) atoms. The normalized spacial score (nSPS) is 18.3. The molecule has 15 atom stereocenters. The number of aliphatic hydroxyl groups excluding tert-OH is 1. The molecule has 1 rings (SSSR count). The minimum atomic E-state index is -2.86. The fourth-order valence-corrected chi connectivity index (χ4v) is 8.93. The lowest BCUT2D eigenvalue weighted by atomic mass is 9.98. The quantitative estimate of drug-likeness (QED) is 0.0160. The Kier molecular flexibility index (Phi) is 34.2. The van der Waals surface area contributed by atoms with Crippen LogP contribution in [-0.2, 0) is 71.9 Å². The minimum absolute atomic E-state index is 0.0376. The van der Waals surface area contributed by atoms with Gasteiger partial charge in [-0.05, 0) is 89.5 Å². The maximum absolute atomic E-state index is 14.7. The van der Waals surface area contributed by atoms with Gasteiger partial charge in [-0.25, -0.2) is 9.59 Å². The first-order chi connectivity index (χ1) is 41.9. The summed E-state index contributed by atoms with van der Waals surface area (Å²) >= 11 is 0. The Balaban J connectivity index is 3.80. The van der Waals surface area contributed by atoms with Crippen LogP contribution in [0.2, 0.25) is 0 Å². The lowest BCUT2D eigenvalue weighted by molar-refractivity contribution is -0.153. The molecule has 1 fully saturated rings. The Bertz CT molecular complexity index is 2630. The van der Waals surface area contributed by atoms with Crippen LogP contribution in [0.25, 0.3) is 0 Å². The highest BCUT2D eigenvalue weighted by molar-refractivity contribution is 6.01. The van der Waals surface area contributed by atoms with Gasteiger partial charge in [0.2, 0.25) is 59.1 Å². The van der Waals surface area contributed by atoms with Gasteiger partial charge in [0.1, 0.15) is 48.3 Å². The van der Waals surface area contributed by atoms with Gasteiger partial charge in [0, 0.05) is 12.6 Å². The zero-order chi connectivity index (χ0) is 69.0. The van der Waals surface area contributed by atoms with Gasteiger partial charge in [-0.3, -0.25) is 62.3 Å². The molecule has 0 aromatic heterocycles. The Morgan fingerprint density at radius 1 is 0.578 bits per heavy atom. The molecule has 0 saturated carbocycles. The second-order valence-corrected chi connectivity index (χ2v) is 23.1. The van der Waals surface area contributed by atoms with E-state index in [1.54, 1.807) is 26.8 Å². The summed E-state index contributed by atoms with van der Waals surface area (Å²) in [6.07, 6.45) is 4.28. The van der Waals surface area contributed by atoms with Crippen molar-refractivity contribution >= 4 is 88.9 Å². The Labute approximate surface area is 520 Å². The van der Waals surface area contributed by atoms with E-state index in [-0.39, 0.29) is 50.6 Å². The molecule has 0 radical (unpaired) electrons. The average molecular weight is 1280 g/mol. The van der Waals surface area contributed by atoms with E-state index in [4.69, 9.17) is 11.5 Å². The van der Waals surface area contributed by atoms with Crippen LogP contribution in [0.3, 0.4) is 0 Å². The highest BCUT2D eigenvalue weighted by atomic mass is 16.4. The SMILES string of the molecule is CCC(C)CC/C=C\C=C\C(=O)N[C@H](C(=O)N[C@H](C(=O)N[C@@H](C(=O)N[C@@H](CCCCN)C(=O)N[C@H](C(=O)N[C@@H](CC(=O)O)C(=O)NCC(=O)N[C@@H](C(=O)O)C(C)C(=O)O)C(O)C(=O)O)C(C)C)C(C)NC(=O)[C@@H]1C[C@@H](C)CN1C(=O)[C@@H](N)C(C)C)C(C)C(=O)O. The largest absolute Gasteiger partial charge is 0.481 e. The molecule has 1 aliphatic heterocycles. The van der Waals surface area contributed by atoms with Crippen LogP contribution >= 0.6 is 0 Å². The molecule has 0 bridgehead atoms. The van der Waals surface area contributed by atoms with Crippen molar-refractivity contribution in [1.29, 1.82) is 0 Å². The molecule has 1 saturated heterocycles. The number of rotatable bonds is 40. The topological polar surface area (TPSA) is 541 Å². The van der Waals surface area contributed by atoms with Crippen molar-refractivity contribution < 1.29 is 103 Å². The first kappa shape index (κ1) is 79.4. The van der Waals surface area contributed by atoms with Gasteiger partial charge in [0.15, 0.2) is 6.10 Å². The second-order valence-electron chi connectivity index (χ2n) is 23.1. The molecule has 10 amide bonds. The predicted octanol–water partition coefficient (Wildman–Crippen LogP) is -3.61. The van der Waals surface area contributed by atoms with Crippen LogP contribution < -0.4 is 59.3 Å². The monoisotopic (exact) mass is 1280 g/mol. The van der Waals surface area contributed by atoms with E-state index < -0.39 is 186 Å². The van der Waals surface area contributed by atoms with Gasteiger partial charge < -0.3 is 94.9 Å². The zero-order valence-electron chi connectivity index (χ0n) is 52.3. The van der Waals surface area contributed by atoms with Crippen molar-refractivity contribution in [2.45, 2.75) is 187 Å². The minimum Gasteiger partial charge on any atom is -0.481 e. The number of amides is 10. The molecule has 33 heteroatoms. The number of carbonyl (C=O) groups is 15. The lowest BCUT2D eigenvalue weighted by Crippen LogP contribution is -2.65. The number of nitrogens with two attached hydrogens (primary N) is 2. The molecule has 506 valence electrons. The van der Waals surface area contributed by atoms with Crippen LogP contribution in [0.4, 0.5) is 0 Å². The summed E-state index contributed by atoms with van der Waals surface area (Å²) in [4.78, 5) is 199. The van der Waals surface area contributed by atoms with Gasteiger partial charge in [0.05, 0.1) is 36.9 Å². The van der Waals surface area contributed by atoms with Crippen molar-refractivity contribution in [3.8, 4) is 0 Å². The number of carboxylic acid groups (broad SMARTS) is 5. The molecule has 5 unspecified atom stereocenters. The van der Waals surface area contributed by atoms with Crippen molar-refractivity contribution in [3.05, 3.63) is 24.3 Å². The zero-order valence-corrected chi connectivity index (χ0v) is 52.3. The van der Waals surface area contributed by atoms with Gasteiger partial charge in [0.25, 0.3) is 0 Å². The molecule has 0 spiro atoms. The number of hydrogen-bond donors (Lipinski definition) is 17. The molecule has 0 aliphatic carbocycles. The summed E-state index contributed by atoms with van der Waals surface area (Å²) in [5, 5.41) is 78.6. The third-order valence-electron chi connectivity index (χ3n) is 14.9. The smallest absolute Gasteiger partial charge is 0.335 e. The average Bonchev–Trinajstić information content (AvgIpc) is 3.34. The maximum Gasteiger partial charge on any atom is 0.335 e. The number of carboxylic acids is 5. The number of hydrogen-bond acceptors (Lipinski definition) is 18. The summed E-state index contributed by atoms with van der Waals surface area (Å²) in [5.41, 5.74) is 11.9. The fraction of sp³-hybridized carbons (Fsp3) is 0.667. The number of nitrogens with one attached hydrogen (secondary N) is 9. The molecule has 1 heterocycles. The number of aliphatic carboxylic acids is 5. The first-order valence-corrected chi connectivity index (χ1v) is 29.5. The molecular weight excluding hydrogens is 1190 g/mol. The molecule has 0 aromatic carbocycles. The summed E-state index contributed by atoms with van der Waals surface area (Å²) in [7, 11) is 0. The molecule has 33 nitrogen and oxygen atoms in total. The number of likely N-dealkylation sites (tertiary alicyclic amines) is 1.